The SMILES string of the molecule is CN=C(NCc1ncc(C(C)(C)C)o1)NCc1ccc(OC)cc1OC.I. The van der Waals surface area contributed by atoms with Gasteiger partial charge >= 0.3 is 0 Å². The van der Waals surface area contributed by atoms with Crippen LogP contribution in [0.25, 0.3) is 0 Å². The van der Waals surface area contributed by atoms with Crippen LogP contribution in [0.1, 0.15) is 38.0 Å². The fourth-order valence-electron chi connectivity index (χ4n) is 2.30. The van der Waals surface area contributed by atoms with E-state index in [9.17, 15) is 0 Å². The minimum Gasteiger partial charge on any atom is -0.497 e. The van der Waals surface area contributed by atoms with Crippen molar-refractivity contribution in [1.29, 1.82) is 0 Å². The lowest BCUT2D eigenvalue weighted by Gasteiger charge is -2.14. The largest absolute Gasteiger partial charge is 0.497 e. The molecule has 0 aliphatic heterocycles. The lowest BCUT2D eigenvalue weighted by atomic mass is 9.94. The first-order chi connectivity index (χ1) is 12.4. The summed E-state index contributed by atoms with van der Waals surface area (Å²) in [6.07, 6.45) is 1.77. The number of guanidine groups is 1. The van der Waals surface area contributed by atoms with Gasteiger partial charge in [0.15, 0.2) is 5.96 Å². The summed E-state index contributed by atoms with van der Waals surface area (Å²) >= 11 is 0. The number of hydrogen-bond donors (Lipinski definition) is 2. The zero-order chi connectivity index (χ0) is 19.2. The Morgan fingerprint density at radius 3 is 2.41 bits per heavy atom. The van der Waals surface area contributed by atoms with Crippen molar-refractivity contribution in [3.05, 3.63) is 41.6 Å². The number of benzene rings is 1. The van der Waals surface area contributed by atoms with E-state index in [-0.39, 0.29) is 29.4 Å². The number of halogens is 1. The van der Waals surface area contributed by atoms with Gasteiger partial charge in [0.1, 0.15) is 17.3 Å². The van der Waals surface area contributed by atoms with Crippen LogP contribution >= 0.6 is 24.0 Å². The van der Waals surface area contributed by atoms with E-state index in [1.807, 2.05) is 18.2 Å². The molecule has 150 valence electrons. The molecule has 0 aliphatic rings. The molecule has 0 atom stereocenters. The van der Waals surface area contributed by atoms with Crippen LogP contribution in [-0.2, 0) is 18.5 Å². The highest BCUT2D eigenvalue weighted by Gasteiger charge is 2.19. The van der Waals surface area contributed by atoms with Crippen molar-refractivity contribution in [3.63, 3.8) is 0 Å². The molecule has 1 heterocycles. The van der Waals surface area contributed by atoms with Gasteiger partial charge in [-0.3, -0.25) is 4.99 Å². The summed E-state index contributed by atoms with van der Waals surface area (Å²) in [5, 5.41) is 6.45. The number of aliphatic imine (C=N–C) groups is 1. The highest BCUT2D eigenvalue weighted by atomic mass is 127. The second-order valence-corrected chi connectivity index (χ2v) is 6.83. The number of rotatable bonds is 6. The van der Waals surface area contributed by atoms with Crippen molar-refractivity contribution in [2.75, 3.05) is 21.3 Å². The molecule has 7 nitrogen and oxygen atoms in total. The van der Waals surface area contributed by atoms with Crippen LogP contribution in [0.2, 0.25) is 0 Å². The Kier molecular flexibility index (Phi) is 8.87. The minimum atomic E-state index is -0.0594. The first-order valence-electron chi connectivity index (χ1n) is 8.48. The highest BCUT2D eigenvalue weighted by Crippen LogP contribution is 2.24. The summed E-state index contributed by atoms with van der Waals surface area (Å²) in [6.45, 7) is 7.29. The standard InChI is InChI=1S/C19H28N4O3.HI/c1-19(2,3)16-11-21-17(26-16)12-23-18(20-4)22-10-13-7-8-14(24-5)9-15(13)25-6;/h7-9,11H,10,12H2,1-6H3,(H2,20,22,23);1H. The van der Waals surface area contributed by atoms with E-state index in [1.54, 1.807) is 27.5 Å². The van der Waals surface area contributed by atoms with Gasteiger partial charge in [-0.25, -0.2) is 4.98 Å². The van der Waals surface area contributed by atoms with Crippen molar-refractivity contribution in [1.82, 2.24) is 15.6 Å². The van der Waals surface area contributed by atoms with Crippen LogP contribution in [0.15, 0.2) is 33.8 Å². The molecule has 2 aromatic rings. The van der Waals surface area contributed by atoms with Gasteiger partial charge in [-0.2, -0.15) is 0 Å². The Bertz CT molecular complexity index is 754. The Morgan fingerprint density at radius 2 is 1.85 bits per heavy atom. The van der Waals surface area contributed by atoms with Crippen molar-refractivity contribution in [3.8, 4) is 11.5 Å². The van der Waals surface area contributed by atoms with Gasteiger partial charge in [-0.05, 0) is 12.1 Å². The fraction of sp³-hybridized carbons (Fsp3) is 0.474. The van der Waals surface area contributed by atoms with Gasteiger partial charge < -0.3 is 24.5 Å². The van der Waals surface area contributed by atoms with Crippen molar-refractivity contribution in [2.45, 2.75) is 39.3 Å². The topological polar surface area (TPSA) is 80.9 Å². The lowest BCUT2D eigenvalue weighted by molar-refractivity contribution is 0.379. The normalized spacial score (nSPS) is 11.6. The van der Waals surface area contributed by atoms with E-state index in [1.165, 1.54) is 0 Å². The quantitative estimate of drug-likeness (QED) is 0.368. The molecule has 0 saturated heterocycles. The van der Waals surface area contributed by atoms with Gasteiger partial charge in [0.05, 0.1) is 27.0 Å². The first kappa shape index (κ1) is 23.1. The summed E-state index contributed by atoms with van der Waals surface area (Å²) in [7, 11) is 4.99. The molecule has 0 amide bonds. The van der Waals surface area contributed by atoms with Crippen LogP contribution in [0, 0.1) is 0 Å². The second kappa shape index (κ2) is 10.4. The maximum absolute atomic E-state index is 5.78. The zero-order valence-corrected chi connectivity index (χ0v) is 19.1. The third kappa shape index (κ3) is 6.60. The zero-order valence-electron chi connectivity index (χ0n) is 16.8. The molecule has 27 heavy (non-hydrogen) atoms. The predicted molar refractivity (Wildman–Crippen MR) is 117 cm³/mol. The van der Waals surface area contributed by atoms with Gasteiger partial charge in [-0.1, -0.05) is 20.8 Å². The van der Waals surface area contributed by atoms with E-state index in [0.717, 1.165) is 22.8 Å². The summed E-state index contributed by atoms with van der Waals surface area (Å²) in [6, 6.07) is 5.71. The Hall–Kier alpha value is -1.97. The van der Waals surface area contributed by atoms with Crippen molar-refractivity contribution in [2.24, 2.45) is 4.99 Å². The average Bonchev–Trinajstić information content (AvgIpc) is 3.11. The number of nitrogens with zero attached hydrogens (tertiary/aromatic N) is 2. The third-order valence-electron chi connectivity index (χ3n) is 3.86. The molecule has 1 aromatic heterocycles. The Balaban J connectivity index is 0.00000364. The molecule has 0 bridgehead atoms. The average molecular weight is 488 g/mol. The van der Waals surface area contributed by atoms with Crippen LogP contribution in [0.4, 0.5) is 0 Å². The van der Waals surface area contributed by atoms with Crippen molar-refractivity contribution < 1.29 is 13.9 Å². The molecule has 2 rings (SSSR count). The number of oxazole rings is 1. The maximum Gasteiger partial charge on any atom is 0.213 e. The summed E-state index contributed by atoms with van der Waals surface area (Å²) < 4.78 is 16.4. The molecule has 8 heteroatoms. The second-order valence-electron chi connectivity index (χ2n) is 6.83. The molecule has 0 spiro atoms. The fourth-order valence-corrected chi connectivity index (χ4v) is 2.30. The summed E-state index contributed by atoms with van der Waals surface area (Å²) in [4.78, 5) is 8.53. The molecule has 0 saturated carbocycles. The summed E-state index contributed by atoms with van der Waals surface area (Å²) in [5.41, 5.74) is 0.943. The molecule has 0 unspecified atom stereocenters. The van der Waals surface area contributed by atoms with Gasteiger partial charge in [0.25, 0.3) is 0 Å². The van der Waals surface area contributed by atoms with Crippen LogP contribution in [-0.4, -0.2) is 32.2 Å². The van der Waals surface area contributed by atoms with E-state index < -0.39 is 0 Å². The predicted octanol–water partition coefficient (Wildman–Crippen LogP) is 3.47. The molecule has 1 aromatic carbocycles. The highest BCUT2D eigenvalue weighted by molar-refractivity contribution is 14.0. The van der Waals surface area contributed by atoms with Crippen LogP contribution in [0.5, 0.6) is 11.5 Å². The number of methoxy groups -OCH3 is 2. The monoisotopic (exact) mass is 488 g/mol. The molecule has 0 aliphatic carbocycles. The lowest BCUT2D eigenvalue weighted by Crippen LogP contribution is -2.36. The Labute approximate surface area is 178 Å². The molecule has 2 N–H and O–H groups in total. The van der Waals surface area contributed by atoms with E-state index in [2.05, 4.69) is 41.4 Å². The third-order valence-corrected chi connectivity index (χ3v) is 3.86. The van der Waals surface area contributed by atoms with Crippen molar-refractivity contribution >= 4 is 29.9 Å². The van der Waals surface area contributed by atoms with Gasteiger partial charge in [-0.15, -0.1) is 24.0 Å². The number of hydrogen-bond acceptors (Lipinski definition) is 5. The number of aromatic nitrogens is 1. The van der Waals surface area contributed by atoms with E-state index in [0.29, 0.717) is 24.9 Å². The molecule has 0 fully saturated rings. The minimum absolute atomic E-state index is 0. The smallest absolute Gasteiger partial charge is 0.213 e. The number of nitrogens with one attached hydrogen (secondary N) is 2. The summed E-state index contributed by atoms with van der Waals surface area (Å²) in [5.74, 6) is 3.65. The van der Waals surface area contributed by atoms with Crippen LogP contribution in [0.3, 0.4) is 0 Å². The van der Waals surface area contributed by atoms with Crippen LogP contribution < -0.4 is 20.1 Å². The first-order valence-corrected chi connectivity index (χ1v) is 8.48. The molecular weight excluding hydrogens is 459 g/mol. The van der Waals surface area contributed by atoms with E-state index in [4.69, 9.17) is 13.9 Å². The molecule has 0 radical (unpaired) electrons. The maximum atomic E-state index is 5.78. The van der Waals surface area contributed by atoms with Gasteiger partial charge in [0.2, 0.25) is 5.89 Å². The van der Waals surface area contributed by atoms with E-state index >= 15 is 0 Å². The number of ether oxygens (including phenoxy) is 2. The Morgan fingerprint density at radius 1 is 1.15 bits per heavy atom. The molecular formula is C19H29IN4O3. The van der Waals surface area contributed by atoms with Gasteiger partial charge in [0, 0.05) is 30.6 Å².